The Hall–Kier alpha value is -3.45. The van der Waals surface area contributed by atoms with Crippen molar-refractivity contribution in [1.29, 1.82) is 0 Å². The molecular weight excluding hydrogens is 402 g/mol. The van der Waals surface area contributed by atoms with E-state index in [4.69, 9.17) is 13.9 Å². The Kier molecular flexibility index (Phi) is 5.63. The van der Waals surface area contributed by atoms with Gasteiger partial charge in [0.25, 0.3) is 0 Å². The minimum atomic E-state index is -0.455. The summed E-state index contributed by atoms with van der Waals surface area (Å²) in [6.07, 6.45) is 0. The molecule has 4 rings (SSSR count). The van der Waals surface area contributed by atoms with Crippen LogP contribution in [-0.4, -0.2) is 24.2 Å². The molecule has 152 valence electrons. The Morgan fingerprint density at radius 1 is 1.17 bits per heavy atom. The molecule has 0 N–H and O–H groups in total. The van der Waals surface area contributed by atoms with E-state index in [0.29, 0.717) is 40.3 Å². The number of thiazole rings is 1. The standard InChI is InChI=1S/C23H19NO5S/c1-3-27-20(25)12-28-16-9-10-17-19(11-16)29-14(2)21(22(17)26)18-13-30-23(24-18)15-7-5-4-6-8-15/h4-11,13H,3,12H2,1-2H3. The van der Waals surface area contributed by atoms with Crippen LogP contribution in [-0.2, 0) is 9.53 Å². The van der Waals surface area contributed by atoms with Crippen LogP contribution in [0.2, 0.25) is 0 Å². The second kappa shape index (κ2) is 8.51. The maximum absolute atomic E-state index is 13.1. The second-order valence-corrected chi connectivity index (χ2v) is 7.38. The molecule has 6 nitrogen and oxygen atoms in total. The third kappa shape index (κ3) is 3.97. The Balaban J connectivity index is 1.67. The van der Waals surface area contributed by atoms with Crippen LogP contribution in [0.1, 0.15) is 12.7 Å². The average Bonchev–Trinajstić information content (AvgIpc) is 3.22. The zero-order valence-corrected chi connectivity index (χ0v) is 17.3. The summed E-state index contributed by atoms with van der Waals surface area (Å²) in [7, 11) is 0. The lowest BCUT2D eigenvalue weighted by atomic mass is 10.1. The summed E-state index contributed by atoms with van der Waals surface area (Å²) in [6, 6.07) is 14.7. The highest BCUT2D eigenvalue weighted by atomic mass is 32.1. The Bertz CT molecular complexity index is 1260. The molecular formula is C23H19NO5S. The zero-order chi connectivity index (χ0) is 21.1. The van der Waals surface area contributed by atoms with Crippen LogP contribution in [0, 0.1) is 6.92 Å². The normalized spacial score (nSPS) is 10.9. The van der Waals surface area contributed by atoms with Crippen molar-refractivity contribution in [2.75, 3.05) is 13.2 Å². The molecule has 0 saturated heterocycles. The van der Waals surface area contributed by atoms with Crippen molar-refractivity contribution in [3.05, 3.63) is 69.9 Å². The molecule has 0 aliphatic heterocycles. The molecule has 4 aromatic rings. The predicted molar refractivity (Wildman–Crippen MR) is 116 cm³/mol. The smallest absolute Gasteiger partial charge is 0.344 e. The van der Waals surface area contributed by atoms with Crippen LogP contribution in [0.5, 0.6) is 5.75 Å². The number of esters is 1. The van der Waals surface area contributed by atoms with Gasteiger partial charge in [0.05, 0.1) is 23.3 Å². The summed E-state index contributed by atoms with van der Waals surface area (Å²) in [5, 5.41) is 3.13. The monoisotopic (exact) mass is 421 g/mol. The van der Waals surface area contributed by atoms with E-state index in [1.807, 2.05) is 35.7 Å². The summed E-state index contributed by atoms with van der Waals surface area (Å²) >= 11 is 1.48. The van der Waals surface area contributed by atoms with Crippen molar-refractivity contribution in [1.82, 2.24) is 4.98 Å². The summed E-state index contributed by atoms with van der Waals surface area (Å²) in [5.41, 5.74) is 2.27. The molecule has 0 unspecified atom stereocenters. The van der Waals surface area contributed by atoms with Crippen LogP contribution >= 0.6 is 11.3 Å². The van der Waals surface area contributed by atoms with Crippen LogP contribution in [0.25, 0.3) is 32.8 Å². The van der Waals surface area contributed by atoms with E-state index in [-0.39, 0.29) is 12.0 Å². The molecule has 0 saturated carbocycles. The fourth-order valence-electron chi connectivity index (χ4n) is 3.12. The number of carbonyl (C=O) groups is 1. The molecule has 7 heteroatoms. The first kappa shape index (κ1) is 19.8. The van der Waals surface area contributed by atoms with Crippen molar-refractivity contribution < 1.29 is 18.7 Å². The largest absolute Gasteiger partial charge is 0.482 e. The molecule has 0 aliphatic rings. The van der Waals surface area contributed by atoms with Crippen LogP contribution in [0.15, 0.2) is 63.1 Å². The van der Waals surface area contributed by atoms with E-state index in [9.17, 15) is 9.59 Å². The summed E-state index contributed by atoms with van der Waals surface area (Å²) in [4.78, 5) is 29.3. The molecule has 2 aromatic heterocycles. The Morgan fingerprint density at radius 3 is 2.73 bits per heavy atom. The SMILES string of the molecule is CCOC(=O)COc1ccc2c(=O)c(-c3csc(-c4ccccc4)n3)c(C)oc2c1. The molecule has 0 radical (unpaired) electrons. The number of benzene rings is 2. The van der Waals surface area contributed by atoms with Crippen molar-refractivity contribution in [3.63, 3.8) is 0 Å². The highest BCUT2D eigenvalue weighted by Gasteiger charge is 2.17. The van der Waals surface area contributed by atoms with Gasteiger partial charge in [-0.05, 0) is 26.0 Å². The van der Waals surface area contributed by atoms with Gasteiger partial charge in [-0.2, -0.15) is 0 Å². The molecule has 30 heavy (non-hydrogen) atoms. The van der Waals surface area contributed by atoms with E-state index in [2.05, 4.69) is 4.98 Å². The van der Waals surface area contributed by atoms with E-state index >= 15 is 0 Å². The molecule has 0 fully saturated rings. The van der Waals surface area contributed by atoms with Gasteiger partial charge in [-0.15, -0.1) is 11.3 Å². The number of hydrogen-bond acceptors (Lipinski definition) is 7. The van der Waals surface area contributed by atoms with Crippen molar-refractivity contribution >= 4 is 28.3 Å². The third-order valence-electron chi connectivity index (χ3n) is 4.48. The summed E-state index contributed by atoms with van der Waals surface area (Å²) in [6.45, 7) is 3.55. The molecule has 0 aliphatic carbocycles. The maximum atomic E-state index is 13.1. The van der Waals surface area contributed by atoms with Gasteiger partial charge in [-0.25, -0.2) is 9.78 Å². The summed E-state index contributed by atoms with van der Waals surface area (Å²) < 4.78 is 16.2. The Labute approximate surface area is 176 Å². The number of fused-ring (bicyclic) bond motifs is 1. The average molecular weight is 421 g/mol. The highest BCUT2D eigenvalue weighted by molar-refractivity contribution is 7.13. The lowest BCUT2D eigenvalue weighted by Crippen LogP contribution is -2.14. The number of carbonyl (C=O) groups excluding carboxylic acids is 1. The number of rotatable bonds is 6. The lowest BCUT2D eigenvalue weighted by Gasteiger charge is -2.08. The molecule has 0 bridgehead atoms. The van der Waals surface area contributed by atoms with Gasteiger partial charge in [0.1, 0.15) is 22.1 Å². The fraction of sp³-hybridized carbons (Fsp3) is 0.174. The second-order valence-electron chi connectivity index (χ2n) is 6.52. The van der Waals surface area contributed by atoms with Gasteiger partial charge < -0.3 is 13.9 Å². The van der Waals surface area contributed by atoms with Crippen LogP contribution in [0.3, 0.4) is 0 Å². The van der Waals surface area contributed by atoms with Crippen LogP contribution in [0.4, 0.5) is 0 Å². The molecule has 0 spiro atoms. The van der Waals surface area contributed by atoms with Crippen molar-refractivity contribution in [2.24, 2.45) is 0 Å². The van der Waals surface area contributed by atoms with E-state index < -0.39 is 5.97 Å². The first-order valence-electron chi connectivity index (χ1n) is 9.44. The Morgan fingerprint density at radius 2 is 1.97 bits per heavy atom. The first-order chi connectivity index (χ1) is 14.6. The van der Waals surface area contributed by atoms with E-state index in [0.717, 1.165) is 10.6 Å². The number of nitrogens with zero attached hydrogens (tertiary/aromatic N) is 1. The van der Waals surface area contributed by atoms with Gasteiger partial charge in [-0.3, -0.25) is 4.79 Å². The molecule has 0 amide bonds. The molecule has 2 heterocycles. The van der Waals surface area contributed by atoms with Gasteiger partial charge in [-0.1, -0.05) is 30.3 Å². The quantitative estimate of drug-likeness (QED) is 0.415. The van der Waals surface area contributed by atoms with Gasteiger partial charge in [0.15, 0.2) is 6.61 Å². The topological polar surface area (TPSA) is 78.6 Å². The van der Waals surface area contributed by atoms with Gasteiger partial charge in [0.2, 0.25) is 5.43 Å². The van der Waals surface area contributed by atoms with Crippen molar-refractivity contribution in [2.45, 2.75) is 13.8 Å². The molecule has 2 aromatic carbocycles. The third-order valence-corrected chi connectivity index (χ3v) is 5.37. The molecule has 0 atom stereocenters. The first-order valence-corrected chi connectivity index (χ1v) is 10.3. The minimum Gasteiger partial charge on any atom is -0.482 e. The summed E-state index contributed by atoms with van der Waals surface area (Å²) in [5.74, 6) is 0.439. The van der Waals surface area contributed by atoms with Gasteiger partial charge >= 0.3 is 5.97 Å². The van der Waals surface area contributed by atoms with E-state index in [1.165, 1.54) is 11.3 Å². The number of aryl methyl sites for hydroxylation is 1. The fourth-order valence-corrected chi connectivity index (χ4v) is 3.94. The highest BCUT2D eigenvalue weighted by Crippen LogP contribution is 2.30. The lowest BCUT2D eigenvalue weighted by molar-refractivity contribution is -0.145. The number of ether oxygens (including phenoxy) is 2. The van der Waals surface area contributed by atoms with E-state index in [1.54, 1.807) is 32.0 Å². The maximum Gasteiger partial charge on any atom is 0.344 e. The number of aromatic nitrogens is 1. The van der Waals surface area contributed by atoms with Gasteiger partial charge in [0, 0.05) is 17.0 Å². The van der Waals surface area contributed by atoms with Crippen molar-refractivity contribution in [3.8, 4) is 27.6 Å². The zero-order valence-electron chi connectivity index (χ0n) is 16.5. The van der Waals surface area contributed by atoms with Crippen LogP contribution < -0.4 is 10.2 Å². The predicted octanol–water partition coefficient (Wildman–Crippen LogP) is 4.83. The minimum absolute atomic E-state index is 0.157. The number of hydrogen-bond donors (Lipinski definition) is 0.